The molecule has 0 aliphatic rings. The molecule has 0 aliphatic heterocycles. The Morgan fingerprint density at radius 2 is 2.31 bits per heavy atom. The number of halogens is 1. The molecule has 68 valence electrons. The van der Waals surface area contributed by atoms with E-state index < -0.39 is 5.95 Å². The second kappa shape index (κ2) is 4.58. The van der Waals surface area contributed by atoms with Gasteiger partial charge in [0.25, 0.3) is 0 Å². The van der Waals surface area contributed by atoms with Crippen LogP contribution in [0.2, 0.25) is 0 Å². The van der Waals surface area contributed by atoms with Gasteiger partial charge in [0.1, 0.15) is 0 Å². The highest BCUT2D eigenvalue weighted by Gasteiger charge is 1.96. The Morgan fingerprint density at radius 1 is 1.54 bits per heavy atom. The van der Waals surface area contributed by atoms with Crippen LogP contribution in [0.3, 0.4) is 0 Å². The highest BCUT2D eigenvalue weighted by molar-refractivity contribution is 5.36. The predicted molar refractivity (Wildman–Crippen MR) is 47.5 cm³/mol. The summed E-state index contributed by atoms with van der Waals surface area (Å²) in [7, 11) is 0. The van der Waals surface area contributed by atoms with E-state index in [1.54, 1.807) is 13.0 Å². The molecule has 0 spiro atoms. The van der Waals surface area contributed by atoms with Gasteiger partial charge in [-0.2, -0.15) is 4.39 Å². The summed E-state index contributed by atoms with van der Waals surface area (Å²) in [6.07, 6.45) is 0.427. The number of pyridine rings is 1. The van der Waals surface area contributed by atoms with Crippen molar-refractivity contribution in [2.45, 2.75) is 13.3 Å². The molecule has 13 heavy (non-hydrogen) atoms. The van der Waals surface area contributed by atoms with Gasteiger partial charge in [0, 0.05) is 12.0 Å². The highest BCUT2D eigenvalue weighted by atomic mass is 19.1. The SMILES string of the molecule is Cc1nc(F)ccc1C#CCCO. The van der Waals surface area contributed by atoms with E-state index in [1.165, 1.54) is 6.07 Å². The van der Waals surface area contributed by atoms with E-state index in [4.69, 9.17) is 5.11 Å². The summed E-state index contributed by atoms with van der Waals surface area (Å²) < 4.78 is 12.5. The fourth-order valence-electron chi connectivity index (χ4n) is 0.876. The molecule has 1 aromatic heterocycles. The van der Waals surface area contributed by atoms with Crippen molar-refractivity contribution in [1.29, 1.82) is 0 Å². The summed E-state index contributed by atoms with van der Waals surface area (Å²) in [6, 6.07) is 2.86. The largest absolute Gasteiger partial charge is 0.395 e. The Hall–Kier alpha value is -1.40. The number of nitrogens with zero attached hydrogens (tertiary/aromatic N) is 1. The van der Waals surface area contributed by atoms with Gasteiger partial charge in [-0.15, -0.1) is 0 Å². The van der Waals surface area contributed by atoms with Crippen LogP contribution >= 0.6 is 0 Å². The number of aryl methyl sites for hydroxylation is 1. The highest BCUT2D eigenvalue weighted by Crippen LogP contribution is 2.03. The van der Waals surface area contributed by atoms with Gasteiger partial charge in [-0.25, -0.2) is 4.98 Å². The molecule has 1 rings (SSSR count). The van der Waals surface area contributed by atoms with Crippen LogP contribution in [0.25, 0.3) is 0 Å². The normalized spacial score (nSPS) is 9.15. The number of hydrogen-bond donors (Lipinski definition) is 1. The maximum Gasteiger partial charge on any atom is 0.213 e. The second-order valence-electron chi connectivity index (χ2n) is 2.54. The van der Waals surface area contributed by atoms with Crippen LogP contribution in [0.1, 0.15) is 17.7 Å². The standard InChI is InChI=1S/C10H10FNO/c1-8-9(4-2-3-7-13)5-6-10(11)12-8/h5-6,13H,3,7H2,1H3. The Balaban J connectivity index is 2.85. The molecule has 0 bridgehead atoms. The molecule has 1 aromatic rings. The van der Waals surface area contributed by atoms with Crippen molar-refractivity contribution in [3.8, 4) is 11.8 Å². The third kappa shape index (κ3) is 2.85. The maximum absolute atomic E-state index is 12.5. The number of rotatable bonds is 1. The molecule has 0 aromatic carbocycles. The lowest BCUT2D eigenvalue weighted by atomic mass is 10.2. The minimum atomic E-state index is -0.495. The van der Waals surface area contributed by atoms with E-state index in [9.17, 15) is 4.39 Å². The Labute approximate surface area is 76.4 Å². The number of aliphatic hydroxyl groups is 1. The molecule has 0 aliphatic carbocycles. The summed E-state index contributed by atoms with van der Waals surface area (Å²) in [5, 5.41) is 8.48. The summed E-state index contributed by atoms with van der Waals surface area (Å²) in [6.45, 7) is 1.74. The Morgan fingerprint density at radius 3 is 2.92 bits per heavy atom. The first-order chi connectivity index (χ1) is 6.24. The van der Waals surface area contributed by atoms with Crippen LogP contribution in [0.5, 0.6) is 0 Å². The summed E-state index contributed by atoms with van der Waals surface area (Å²) >= 11 is 0. The van der Waals surface area contributed by atoms with E-state index in [0.29, 0.717) is 17.7 Å². The first-order valence-corrected chi connectivity index (χ1v) is 3.97. The van der Waals surface area contributed by atoms with Crippen molar-refractivity contribution in [3.63, 3.8) is 0 Å². The lowest BCUT2D eigenvalue weighted by Crippen LogP contribution is -1.90. The van der Waals surface area contributed by atoms with Gasteiger partial charge in [0.05, 0.1) is 12.3 Å². The first-order valence-electron chi connectivity index (χ1n) is 3.97. The van der Waals surface area contributed by atoms with Crippen LogP contribution in [0.15, 0.2) is 12.1 Å². The molecule has 2 nitrogen and oxygen atoms in total. The molecule has 1 heterocycles. The molecule has 0 fully saturated rings. The summed E-state index contributed by atoms with van der Waals surface area (Å²) in [5.41, 5.74) is 1.28. The van der Waals surface area contributed by atoms with Crippen LogP contribution in [0.4, 0.5) is 4.39 Å². The molecule has 0 amide bonds. The van der Waals surface area contributed by atoms with Crippen molar-refractivity contribution in [1.82, 2.24) is 4.98 Å². The van der Waals surface area contributed by atoms with Crippen LogP contribution in [-0.4, -0.2) is 16.7 Å². The van der Waals surface area contributed by atoms with Gasteiger partial charge in [-0.1, -0.05) is 11.8 Å². The van der Waals surface area contributed by atoms with Gasteiger partial charge in [-0.05, 0) is 19.1 Å². The van der Waals surface area contributed by atoms with Crippen molar-refractivity contribution >= 4 is 0 Å². The fourth-order valence-corrected chi connectivity index (χ4v) is 0.876. The van der Waals surface area contributed by atoms with Crippen molar-refractivity contribution in [3.05, 3.63) is 29.3 Å². The van der Waals surface area contributed by atoms with E-state index in [2.05, 4.69) is 16.8 Å². The Kier molecular flexibility index (Phi) is 3.41. The minimum Gasteiger partial charge on any atom is -0.395 e. The molecular formula is C10H10FNO. The molecular weight excluding hydrogens is 169 g/mol. The summed E-state index contributed by atoms with van der Waals surface area (Å²) in [4.78, 5) is 3.62. The molecule has 0 radical (unpaired) electrons. The number of aliphatic hydroxyl groups excluding tert-OH is 1. The van der Waals surface area contributed by atoms with Gasteiger partial charge in [0.15, 0.2) is 0 Å². The third-order valence-electron chi connectivity index (χ3n) is 1.51. The predicted octanol–water partition coefficient (Wildman–Crippen LogP) is 1.26. The average molecular weight is 179 g/mol. The molecule has 0 atom stereocenters. The molecule has 3 heteroatoms. The topological polar surface area (TPSA) is 33.1 Å². The second-order valence-corrected chi connectivity index (χ2v) is 2.54. The fraction of sp³-hybridized carbons (Fsp3) is 0.300. The monoisotopic (exact) mass is 179 g/mol. The lowest BCUT2D eigenvalue weighted by Gasteiger charge is -1.95. The molecule has 1 N–H and O–H groups in total. The van der Waals surface area contributed by atoms with Gasteiger partial charge < -0.3 is 5.11 Å². The molecule has 0 unspecified atom stereocenters. The zero-order chi connectivity index (χ0) is 9.68. The van der Waals surface area contributed by atoms with Gasteiger partial charge >= 0.3 is 0 Å². The summed E-state index contributed by atoms with van der Waals surface area (Å²) in [5.74, 6) is 5.06. The maximum atomic E-state index is 12.5. The van der Waals surface area contributed by atoms with Crippen molar-refractivity contribution in [2.75, 3.05) is 6.61 Å². The van der Waals surface area contributed by atoms with E-state index in [0.717, 1.165) is 0 Å². The van der Waals surface area contributed by atoms with E-state index >= 15 is 0 Å². The molecule has 0 saturated carbocycles. The van der Waals surface area contributed by atoms with Gasteiger partial charge in [-0.3, -0.25) is 0 Å². The zero-order valence-corrected chi connectivity index (χ0v) is 7.34. The number of aromatic nitrogens is 1. The minimum absolute atomic E-state index is 0.0423. The van der Waals surface area contributed by atoms with Crippen LogP contribution < -0.4 is 0 Å². The lowest BCUT2D eigenvalue weighted by molar-refractivity contribution is 0.305. The smallest absolute Gasteiger partial charge is 0.213 e. The Bertz CT molecular complexity index is 352. The first kappa shape index (κ1) is 9.69. The van der Waals surface area contributed by atoms with Gasteiger partial charge in [0.2, 0.25) is 5.95 Å². The van der Waals surface area contributed by atoms with Crippen LogP contribution in [-0.2, 0) is 0 Å². The quantitative estimate of drug-likeness (QED) is 0.520. The molecule has 0 saturated heterocycles. The number of hydrogen-bond acceptors (Lipinski definition) is 2. The van der Waals surface area contributed by atoms with Crippen molar-refractivity contribution in [2.24, 2.45) is 0 Å². The third-order valence-corrected chi connectivity index (χ3v) is 1.51. The van der Waals surface area contributed by atoms with Crippen LogP contribution in [0, 0.1) is 24.7 Å². The van der Waals surface area contributed by atoms with E-state index in [1.807, 2.05) is 0 Å². The average Bonchev–Trinajstić information content (AvgIpc) is 2.09. The zero-order valence-electron chi connectivity index (χ0n) is 7.34. The van der Waals surface area contributed by atoms with E-state index in [-0.39, 0.29) is 6.61 Å². The van der Waals surface area contributed by atoms with Crippen molar-refractivity contribution < 1.29 is 9.50 Å².